The molecule has 162 valence electrons. The predicted octanol–water partition coefficient (Wildman–Crippen LogP) is 3.39. The minimum atomic E-state index is -1.05. The Kier molecular flexibility index (Phi) is 5.76. The van der Waals surface area contributed by atoms with Crippen LogP contribution in [-0.2, 0) is 16.1 Å². The van der Waals surface area contributed by atoms with Gasteiger partial charge in [-0.25, -0.2) is 9.59 Å². The van der Waals surface area contributed by atoms with Crippen LogP contribution in [0.4, 0.5) is 5.69 Å². The van der Waals surface area contributed by atoms with Gasteiger partial charge < -0.3 is 19.2 Å². The molecule has 1 aromatic heterocycles. The number of hydrogen-bond donors (Lipinski definition) is 1. The van der Waals surface area contributed by atoms with Gasteiger partial charge in [-0.15, -0.1) is 0 Å². The van der Waals surface area contributed by atoms with Crippen LogP contribution < -0.4 is 15.4 Å². The quantitative estimate of drug-likeness (QED) is 0.480. The van der Waals surface area contributed by atoms with Crippen molar-refractivity contribution in [3.8, 4) is 16.9 Å². The summed E-state index contributed by atoms with van der Waals surface area (Å²) >= 11 is 0. The number of amides is 1. The number of aromatic nitrogens is 1. The van der Waals surface area contributed by atoms with Gasteiger partial charge in [0.25, 0.3) is 0 Å². The molecule has 1 heterocycles. The third kappa shape index (κ3) is 4.39. The fraction of sp³-hybridized carbons (Fsp3) is 0.125. The number of carboxylic acids is 1. The van der Waals surface area contributed by atoms with E-state index in [0.717, 1.165) is 16.8 Å². The number of fused-ring (bicyclic) bond motifs is 1. The highest BCUT2D eigenvalue weighted by atomic mass is 16.5. The summed E-state index contributed by atoms with van der Waals surface area (Å²) in [6.45, 7) is -0.583. The Bertz CT molecular complexity index is 1320. The van der Waals surface area contributed by atoms with Crippen LogP contribution in [0.5, 0.6) is 5.75 Å². The molecule has 0 aliphatic heterocycles. The molecule has 0 saturated heterocycles. The lowest BCUT2D eigenvalue weighted by Crippen LogP contribution is -2.32. The Hall–Kier alpha value is -4.33. The molecule has 1 amide bonds. The van der Waals surface area contributed by atoms with Gasteiger partial charge in [0.05, 0.1) is 5.52 Å². The van der Waals surface area contributed by atoms with Crippen LogP contribution in [0.2, 0.25) is 0 Å². The summed E-state index contributed by atoms with van der Waals surface area (Å²) in [4.78, 5) is 37.3. The zero-order valence-corrected chi connectivity index (χ0v) is 17.2. The maximum atomic E-state index is 12.8. The van der Waals surface area contributed by atoms with Gasteiger partial charge in [0.1, 0.15) is 12.3 Å². The SMILES string of the molecule is CN(C(=O)Cn1c(=O)oc2ccc(-c3ccc(OCC(=O)O)cc3)cc21)c1ccccc1. The molecule has 0 unspecified atom stereocenters. The number of benzene rings is 3. The van der Waals surface area contributed by atoms with Crippen LogP contribution in [0.3, 0.4) is 0 Å². The van der Waals surface area contributed by atoms with Gasteiger partial charge in [-0.05, 0) is 47.5 Å². The lowest BCUT2D eigenvalue weighted by molar-refractivity contribution is -0.139. The number of para-hydroxylation sites is 1. The standard InChI is InChI=1S/C24H20N2O6/c1-25(18-5-3-2-4-6-18)22(27)14-26-20-13-17(9-12-21(20)32-24(26)30)16-7-10-19(11-8-16)31-15-23(28)29/h2-13H,14-15H2,1H3,(H,28,29). The molecule has 0 atom stereocenters. The molecular formula is C24H20N2O6. The number of oxazole rings is 1. The molecule has 8 heteroatoms. The molecule has 4 aromatic rings. The van der Waals surface area contributed by atoms with E-state index in [1.54, 1.807) is 49.5 Å². The van der Waals surface area contributed by atoms with E-state index in [4.69, 9.17) is 14.3 Å². The third-order valence-corrected chi connectivity index (χ3v) is 5.03. The lowest BCUT2D eigenvalue weighted by Gasteiger charge is -2.17. The zero-order valence-electron chi connectivity index (χ0n) is 17.2. The molecule has 3 aromatic carbocycles. The van der Waals surface area contributed by atoms with E-state index in [1.807, 2.05) is 30.3 Å². The fourth-order valence-electron chi connectivity index (χ4n) is 3.32. The molecule has 0 aliphatic carbocycles. The molecule has 0 radical (unpaired) electrons. The Labute approximate surface area is 182 Å². The average molecular weight is 432 g/mol. The van der Waals surface area contributed by atoms with Crippen molar-refractivity contribution >= 4 is 28.7 Å². The topological polar surface area (TPSA) is 102 Å². The Morgan fingerprint density at radius 1 is 1.00 bits per heavy atom. The maximum Gasteiger partial charge on any atom is 0.420 e. The van der Waals surface area contributed by atoms with Crippen LogP contribution in [-0.4, -0.2) is 35.2 Å². The first-order valence-electron chi connectivity index (χ1n) is 9.82. The molecule has 0 saturated carbocycles. The summed E-state index contributed by atoms with van der Waals surface area (Å²) in [5.41, 5.74) is 3.26. The average Bonchev–Trinajstić information content (AvgIpc) is 3.12. The van der Waals surface area contributed by atoms with Crippen molar-refractivity contribution in [2.24, 2.45) is 0 Å². The number of hydrogen-bond acceptors (Lipinski definition) is 5. The van der Waals surface area contributed by atoms with Gasteiger partial charge in [-0.2, -0.15) is 0 Å². The van der Waals surface area contributed by atoms with Gasteiger partial charge in [0.15, 0.2) is 12.2 Å². The molecule has 0 aliphatic rings. The number of carboxylic acid groups (broad SMARTS) is 1. The minimum absolute atomic E-state index is 0.164. The fourth-order valence-corrected chi connectivity index (χ4v) is 3.32. The number of ether oxygens (including phenoxy) is 1. The zero-order chi connectivity index (χ0) is 22.7. The van der Waals surface area contributed by atoms with E-state index in [0.29, 0.717) is 16.8 Å². The number of carbonyl (C=O) groups excluding carboxylic acids is 1. The number of likely N-dealkylation sites (N-methyl/N-ethyl adjacent to an activating group) is 1. The summed E-state index contributed by atoms with van der Waals surface area (Å²) in [6, 6.07) is 21.4. The van der Waals surface area contributed by atoms with Crippen LogP contribution in [0, 0.1) is 0 Å². The van der Waals surface area contributed by atoms with Crippen molar-refractivity contribution in [1.29, 1.82) is 0 Å². The molecule has 8 nitrogen and oxygen atoms in total. The molecule has 32 heavy (non-hydrogen) atoms. The minimum Gasteiger partial charge on any atom is -0.482 e. The van der Waals surface area contributed by atoms with Crippen molar-refractivity contribution in [3.05, 3.63) is 83.3 Å². The highest BCUT2D eigenvalue weighted by molar-refractivity contribution is 5.93. The van der Waals surface area contributed by atoms with Gasteiger partial charge >= 0.3 is 11.7 Å². The monoisotopic (exact) mass is 432 g/mol. The summed E-state index contributed by atoms with van der Waals surface area (Å²) < 4.78 is 11.8. The van der Waals surface area contributed by atoms with Crippen LogP contribution in [0.25, 0.3) is 22.2 Å². The summed E-state index contributed by atoms with van der Waals surface area (Å²) in [6.07, 6.45) is 0. The Balaban J connectivity index is 1.60. The number of anilines is 1. The third-order valence-electron chi connectivity index (χ3n) is 5.03. The van der Waals surface area contributed by atoms with E-state index in [9.17, 15) is 14.4 Å². The number of nitrogens with zero attached hydrogens (tertiary/aromatic N) is 2. The van der Waals surface area contributed by atoms with E-state index in [1.165, 1.54) is 9.47 Å². The Morgan fingerprint density at radius 3 is 2.38 bits per heavy atom. The second kappa shape index (κ2) is 8.81. The number of rotatable bonds is 7. The van der Waals surface area contributed by atoms with E-state index < -0.39 is 18.3 Å². The molecular weight excluding hydrogens is 412 g/mol. The summed E-state index contributed by atoms with van der Waals surface area (Å²) in [5.74, 6) is -1.48. The van der Waals surface area contributed by atoms with Gasteiger partial charge in [-0.1, -0.05) is 36.4 Å². The second-order valence-corrected chi connectivity index (χ2v) is 7.13. The molecule has 0 spiro atoms. The highest BCUT2D eigenvalue weighted by Gasteiger charge is 2.17. The van der Waals surface area contributed by atoms with E-state index in [2.05, 4.69) is 0 Å². The van der Waals surface area contributed by atoms with Gasteiger partial charge in [0, 0.05) is 12.7 Å². The maximum absolute atomic E-state index is 12.8. The molecule has 1 N–H and O–H groups in total. The van der Waals surface area contributed by atoms with E-state index >= 15 is 0 Å². The summed E-state index contributed by atoms with van der Waals surface area (Å²) in [7, 11) is 1.66. The Morgan fingerprint density at radius 2 is 1.69 bits per heavy atom. The van der Waals surface area contributed by atoms with Crippen molar-refractivity contribution in [2.45, 2.75) is 6.54 Å². The van der Waals surface area contributed by atoms with Crippen LogP contribution in [0.15, 0.2) is 82.0 Å². The van der Waals surface area contributed by atoms with E-state index in [-0.39, 0.29) is 12.5 Å². The number of aliphatic carboxylic acids is 1. The first-order chi connectivity index (χ1) is 15.4. The first-order valence-corrected chi connectivity index (χ1v) is 9.82. The van der Waals surface area contributed by atoms with Crippen LogP contribution in [0.1, 0.15) is 0 Å². The lowest BCUT2D eigenvalue weighted by atomic mass is 10.1. The highest BCUT2D eigenvalue weighted by Crippen LogP contribution is 2.26. The van der Waals surface area contributed by atoms with Crippen molar-refractivity contribution in [1.82, 2.24) is 4.57 Å². The molecule has 0 bridgehead atoms. The van der Waals surface area contributed by atoms with Crippen molar-refractivity contribution in [2.75, 3.05) is 18.6 Å². The van der Waals surface area contributed by atoms with Crippen LogP contribution >= 0.6 is 0 Å². The largest absolute Gasteiger partial charge is 0.482 e. The number of carbonyl (C=O) groups is 2. The molecule has 4 rings (SSSR count). The normalized spacial score (nSPS) is 10.8. The van der Waals surface area contributed by atoms with Gasteiger partial charge in [0.2, 0.25) is 5.91 Å². The predicted molar refractivity (Wildman–Crippen MR) is 119 cm³/mol. The van der Waals surface area contributed by atoms with Crippen molar-refractivity contribution < 1.29 is 23.8 Å². The van der Waals surface area contributed by atoms with Gasteiger partial charge in [-0.3, -0.25) is 9.36 Å². The molecule has 0 fully saturated rings. The first kappa shape index (κ1) is 20.9. The summed E-state index contributed by atoms with van der Waals surface area (Å²) in [5, 5.41) is 8.71. The van der Waals surface area contributed by atoms with Crippen molar-refractivity contribution in [3.63, 3.8) is 0 Å². The smallest absolute Gasteiger partial charge is 0.420 e. The second-order valence-electron chi connectivity index (χ2n) is 7.13.